The lowest BCUT2D eigenvalue weighted by Gasteiger charge is -2.10. The second-order valence-electron chi connectivity index (χ2n) is 4.22. The van der Waals surface area contributed by atoms with E-state index >= 15 is 0 Å². The van der Waals surface area contributed by atoms with E-state index in [9.17, 15) is 4.79 Å². The Morgan fingerprint density at radius 3 is 2.64 bits per heavy atom. The Balaban J connectivity index is 1.96. The van der Waals surface area contributed by atoms with Crippen molar-refractivity contribution < 1.29 is 4.79 Å². The highest BCUT2D eigenvalue weighted by atomic mass is 32.2. The number of hydrogen-bond acceptors (Lipinski definition) is 2. The summed E-state index contributed by atoms with van der Waals surface area (Å²) in [5, 5.41) is 3.81. The molecule has 82 valence electrons. The first-order valence-corrected chi connectivity index (χ1v) is 6.64. The van der Waals surface area contributed by atoms with Crippen molar-refractivity contribution >= 4 is 17.7 Å². The highest BCUT2D eigenvalue weighted by molar-refractivity contribution is 7.99. The van der Waals surface area contributed by atoms with Crippen molar-refractivity contribution in [3.63, 3.8) is 0 Å². The SMILES string of the molecule is CC(C)C(=O)NCCSC1CCCC1. The van der Waals surface area contributed by atoms with Crippen LogP contribution < -0.4 is 5.32 Å². The van der Waals surface area contributed by atoms with Gasteiger partial charge in [-0.2, -0.15) is 11.8 Å². The van der Waals surface area contributed by atoms with Crippen molar-refractivity contribution in [1.29, 1.82) is 0 Å². The molecule has 2 nitrogen and oxygen atoms in total. The van der Waals surface area contributed by atoms with Gasteiger partial charge >= 0.3 is 0 Å². The minimum Gasteiger partial charge on any atom is -0.355 e. The fourth-order valence-electron chi connectivity index (χ4n) is 1.66. The van der Waals surface area contributed by atoms with Crippen LogP contribution in [0.4, 0.5) is 0 Å². The average molecular weight is 215 g/mol. The number of carbonyl (C=O) groups is 1. The summed E-state index contributed by atoms with van der Waals surface area (Å²) in [6.45, 7) is 4.69. The molecule has 0 radical (unpaired) electrons. The third kappa shape index (κ3) is 4.36. The van der Waals surface area contributed by atoms with E-state index in [1.165, 1.54) is 25.7 Å². The number of carbonyl (C=O) groups excluding carboxylic acids is 1. The van der Waals surface area contributed by atoms with Gasteiger partial charge in [0.1, 0.15) is 0 Å². The van der Waals surface area contributed by atoms with Gasteiger partial charge in [0.05, 0.1) is 0 Å². The Morgan fingerprint density at radius 2 is 2.07 bits per heavy atom. The van der Waals surface area contributed by atoms with E-state index < -0.39 is 0 Å². The van der Waals surface area contributed by atoms with Crippen LogP contribution >= 0.6 is 11.8 Å². The zero-order chi connectivity index (χ0) is 10.4. The predicted molar refractivity (Wildman–Crippen MR) is 62.6 cm³/mol. The molecular weight excluding hydrogens is 194 g/mol. The second-order valence-corrected chi connectivity index (χ2v) is 5.63. The molecule has 0 saturated heterocycles. The van der Waals surface area contributed by atoms with E-state index in [2.05, 4.69) is 5.32 Å². The van der Waals surface area contributed by atoms with Gasteiger partial charge in [0, 0.05) is 23.5 Å². The monoisotopic (exact) mass is 215 g/mol. The standard InChI is InChI=1S/C11H21NOS/c1-9(2)11(13)12-7-8-14-10-5-3-4-6-10/h9-10H,3-8H2,1-2H3,(H,12,13). The van der Waals surface area contributed by atoms with Crippen molar-refractivity contribution in [2.75, 3.05) is 12.3 Å². The van der Waals surface area contributed by atoms with Crippen molar-refractivity contribution in [1.82, 2.24) is 5.32 Å². The van der Waals surface area contributed by atoms with Crippen LogP contribution in [0.5, 0.6) is 0 Å². The molecule has 1 aliphatic carbocycles. The number of hydrogen-bond donors (Lipinski definition) is 1. The molecule has 0 bridgehead atoms. The zero-order valence-electron chi connectivity index (χ0n) is 9.21. The molecule has 0 atom stereocenters. The Kier molecular flexibility index (Phi) is 5.38. The van der Waals surface area contributed by atoms with Crippen LogP contribution in [0.15, 0.2) is 0 Å². The van der Waals surface area contributed by atoms with E-state index in [1.807, 2.05) is 25.6 Å². The van der Waals surface area contributed by atoms with Crippen molar-refractivity contribution in [2.24, 2.45) is 5.92 Å². The normalized spacial score (nSPS) is 17.6. The van der Waals surface area contributed by atoms with Crippen molar-refractivity contribution in [3.05, 3.63) is 0 Å². The van der Waals surface area contributed by atoms with Crippen LogP contribution in [0.2, 0.25) is 0 Å². The lowest BCUT2D eigenvalue weighted by atomic mass is 10.2. The molecule has 14 heavy (non-hydrogen) atoms. The van der Waals surface area contributed by atoms with Gasteiger partial charge in [-0.05, 0) is 12.8 Å². The van der Waals surface area contributed by atoms with E-state index in [0.717, 1.165) is 17.5 Å². The summed E-state index contributed by atoms with van der Waals surface area (Å²) in [6, 6.07) is 0. The van der Waals surface area contributed by atoms with Gasteiger partial charge in [0.25, 0.3) is 0 Å². The molecule has 0 aliphatic heterocycles. The zero-order valence-corrected chi connectivity index (χ0v) is 10.0. The fourth-order valence-corrected chi connectivity index (χ4v) is 2.88. The van der Waals surface area contributed by atoms with Crippen LogP contribution in [-0.2, 0) is 4.79 Å². The highest BCUT2D eigenvalue weighted by Gasteiger charge is 2.14. The lowest BCUT2D eigenvalue weighted by Crippen LogP contribution is -2.29. The number of thioether (sulfide) groups is 1. The van der Waals surface area contributed by atoms with Gasteiger partial charge in [-0.3, -0.25) is 4.79 Å². The number of rotatable bonds is 5. The van der Waals surface area contributed by atoms with Gasteiger partial charge < -0.3 is 5.32 Å². The lowest BCUT2D eigenvalue weighted by molar-refractivity contribution is -0.123. The van der Waals surface area contributed by atoms with E-state index in [-0.39, 0.29) is 11.8 Å². The first kappa shape index (κ1) is 11.9. The molecule has 1 amide bonds. The maximum absolute atomic E-state index is 11.2. The summed E-state index contributed by atoms with van der Waals surface area (Å²) in [5.74, 6) is 1.37. The third-order valence-corrected chi connectivity index (χ3v) is 3.96. The van der Waals surface area contributed by atoms with E-state index in [1.54, 1.807) is 0 Å². The molecule has 1 rings (SSSR count). The molecule has 0 aromatic rings. The van der Waals surface area contributed by atoms with Crippen LogP contribution in [0.25, 0.3) is 0 Å². The van der Waals surface area contributed by atoms with Crippen molar-refractivity contribution in [3.8, 4) is 0 Å². The van der Waals surface area contributed by atoms with Crippen LogP contribution in [0.1, 0.15) is 39.5 Å². The number of amides is 1. The minimum atomic E-state index is 0.117. The predicted octanol–water partition coefficient (Wildman–Crippen LogP) is 2.43. The molecule has 3 heteroatoms. The third-order valence-electron chi connectivity index (χ3n) is 2.58. The second kappa shape index (κ2) is 6.33. The Hall–Kier alpha value is -0.180. The van der Waals surface area contributed by atoms with E-state index in [0.29, 0.717) is 0 Å². The van der Waals surface area contributed by atoms with E-state index in [4.69, 9.17) is 0 Å². The highest BCUT2D eigenvalue weighted by Crippen LogP contribution is 2.28. The van der Waals surface area contributed by atoms with Gasteiger partial charge in [0.2, 0.25) is 5.91 Å². The maximum Gasteiger partial charge on any atom is 0.222 e. The molecule has 1 fully saturated rings. The Bertz CT molecular complexity index is 176. The molecule has 0 unspecified atom stereocenters. The smallest absolute Gasteiger partial charge is 0.222 e. The molecule has 1 saturated carbocycles. The molecule has 0 spiro atoms. The Labute approximate surface area is 91.2 Å². The molecule has 1 aliphatic rings. The first-order valence-electron chi connectivity index (χ1n) is 5.59. The molecule has 0 aromatic heterocycles. The van der Waals surface area contributed by atoms with Gasteiger partial charge in [0.15, 0.2) is 0 Å². The average Bonchev–Trinajstić information content (AvgIpc) is 2.64. The summed E-state index contributed by atoms with van der Waals surface area (Å²) >= 11 is 2.02. The van der Waals surface area contributed by atoms with Crippen LogP contribution in [-0.4, -0.2) is 23.5 Å². The first-order chi connectivity index (χ1) is 6.70. The molecule has 0 aromatic carbocycles. The summed E-state index contributed by atoms with van der Waals surface area (Å²) in [7, 11) is 0. The van der Waals surface area contributed by atoms with Gasteiger partial charge in [-0.25, -0.2) is 0 Å². The maximum atomic E-state index is 11.2. The Morgan fingerprint density at radius 1 is 1.43 bits per heavy atom. The summed E-state index contributed by atoms with van der Waals surface area (Å²) in [5.41, 5.74) is 0. The number of nitrogens with one attached hydrogen (secondary N) is 1. The molecule has 1 N–H and O–H groups in total. The van der Waals surface area contributed by atoms with Crippen molar-refractivity contribution in [2.45, 2.75) is 44.8 Å². The summed E-state index contributed by atoms with van der Waals surface area (Å²) in [6.07, 6.45) is 5.55. The topological polar surface area (TPSA) is 29.1 Å². The van der Waals surface area contributed by atoms with Gasteiger partial charge in [-0.1, -0.05) is 26.7 Å². The van der Waals surface area contributed by atoms with Gasteiger partial charge in [-0.15, -0.1) is 0 Å². The fraction of sp³-hybridized carbons (Fsp3) is 0.909. The largest absolute Gasteiger partial charge is 0.355 e. The minimum absolute atomic E-state index is 0.117. The molecular formula is C11H21NOS. The summed E-state index contributed by atoms with van der Waals surface area (Å²) < 4.78 is 0. The van der Waals surface area contributed by atoms with Crippen LogP contribution in [0.3, 0.4) is 0 Å². The quantitative estimate of drug-likeness (QED) is 0.714. The summed E-state index contributed by atoms with van der Waals surface area (Å²) in [4.78, 5) is 11.2. The molecule has 0 heterocycles. The van der Waals surface area contributed by atoms with Crippen LogP contribution in [0, 0.1) is 5.92 Å².